The molecule has 2 bridgehead atoms. The molecule has 3 aromatic carbocycles. The summed E-state index contributed by atoms with van der Waals surface area (Å²) in [7, 11) is 3.68. The first-order valence-electron chi connectivity index (χ1n) is 14.7. The molecule has 0 spiro atoms. The van der Waals surface area contributed by atoms with Gasteiger partial charge in [0, 0.05) is 12.1 Å². The van der Waals surface area contributed by atoms with E-state index in [-0.39, 0.29) is 23.7 Å². The van der Waals surface area contributed by atoms with Gasteiger partial charge in [0.1, 0.15) is 23.9 Å². The molecule has 0 saturated heterocycles. The third kappa shape index (κ3) is 8.32. The second-order valence-electron chi connectivity index (χ2n) is 11.6. The van der Waals surface area contributed by atoms with E-state index >= 15 is 0 Å². The Morgan fingerprint density at radius 3 is 2.12 bits per heavy atom. The highest BCUT2D eigenvalue weighted by molar-refractivity contribution is 5.94. The molecular formula is C35H42N4O4. The van der Waals surface area contributed by atoms with Crippen LogP contribution >= 0.6 is 0 Å². The molecule has 3 N–H and O–H groups in total. The normalized spacial score (nSPS) is 21.2. The van der Waals surface area contributed by atoms with Crippen LogP contribution in [0.2, 0.25) is 0 Å². The van der Waals surface area contributed by atoms with Gasteiger partial charge in [-0.15, -0.1) is 0 Å². The van der Waals surface area contributed by atoms with Crippen molar-refractivity contribution in [2.24, 2.45) is 5.92 Å². The lowest BCUT2D eigenvalue weighted by Crippen LogP contribution is -2.62. The zero-order valence-corrected chi connectivity index (χ0v) is 25.5. The summed E-state index contributed by atoms with van der Waals surface area (Å²) in [6, 6.07) is 24.2. The Bertz CT molecular complexity index is 1390. The van der Waals surface area contributed by atoms with Gasteiger partial charge < -0.3 is 20.7 Å². The average Bonchev–Trinajstić information content (AvgIpc) is 3.00. The number of nitrogens with zero attached hydrogens (tertiary/aromatic N) is 1. The van der Waals surface area contributed by atoms with E-state index in [4.69, 9.17) is 4.74 Å². The maximum atomic E-state index is 14.2. The lowest BCUT2D eigenvalue weighted by Gasteiger charge is -2.34. The Kier molecular flexibility index (Phi) is 10.7. The van der Waals surface area contributed by atoms with E-state index in [1.165, 1.54) is 0 Å². The van der Waals surface area contributed by atoms with Crippen molar-refractivity contribution in [3.8, 4) is 5.75 Å². The van der Waals surface area contributed by atoms with Crippen molar-refractivity contribution in [3.05, 3.63) is 108 Å². The van der Waals surface area contributed by atoms with Gasteiger partial charge in [-0.1, -0.05) is 93.6 Å². The first-order valence-corrected chi connectivity index (χ1v) is 14.7. The van der Waals surface area contributed by atoms with Crippen LogP contribution in [0.5, 0.6) is 5.75 Å². The summed E-state index contributed by atoms with van der Waals surface area (Å²) in [5.41, 5.74) is 2.78. The second kappa shape index (κ2) is 14.6. The fourth-order valence-corrected chi connectivity index (χ4v) is 5.22. The summed E-state index contributed by atoms with van der Waals surface area (Å²) in [6.07, 6.45) is 3.10. The van der Waals surface area contributed by atoms with Gasteiger partial charge in [0.25, 0.3) is 0 Å². The predicted molar refractivity (Wildman–Crippen MR) is 169 cm³/mol. The van der Waals surface area contributed by atoms with Gasteiger partial charge in [-0.3, -0.25) is 19.3 Å². The van der Waals surface area contributed by atoms with E-state index in [0.29, 0.717) is 12.2 Å². The van der Waals surface area contributed by atoms with Crippen molar-refractivity contribution in [2.75, 3.05) is 14.1 Å². The number of hydrogen-bond donors (Lipinski definition) is 3. The van der Waals surface area contributed by atoms with Gasteiger partial charge in [-0.2, -0.15) is 0 Å². The molecule has 3 aromatic rings. The maximum absolute atomic E-state index is 14.2. The van der Waals surface area contributed by atoms with E-state index in [0.717, 1.165) is 16.7 Å². The third-order valence-corrected chi connectivity index (χ3v) is 7.82. The molecule has 0 radical (unpaired) electrons. The molecule has 226 valence electrons. The summed E-state index contributed by atoms with van der Waals surface area (Å²) >= 11 is 0. The summed E-state index contributed by atoms with van der Waals surface area (Å²) < 4.78 is 6.41. The molecular weight excluding hydrogens is 540 g/mol. The SMILES string of the molecule is CC(C)[C@@H]1Oc2ccc(cc2)/C=C\NC(=O)[C@@H]([C@H](C)c2ccccc2)NC(=O)[C@@H]1NC(=O)[C@H](Cc1ccccc1)N(C)C. The smallest absolute Gasteiger partial charge is 0.247 e. The van der Waals surface area contributed by atoms with Crippen LogP contribution in [0.25, 0.3) is 6.08 Å². The van der Waals surface area contributed by atoms with Crippen LogP contribution in [0.15, 0.2) is 91.1 Å². The fraction of sp³-hybridized carbons (Fsp3) is 0.343. The lowest BCUT2D eigenvalue weighted by molar-refractivity contribution is -0.136. The van der Waals surface area contributed by atoms with Gasteiger partial charge in [-0.05, 0) is 61.3 Å². The first-order chi connectivity index (χ1) is 20.6. The molecule has 3 amide bonds. The number of amides is 3. The summed E-state index contributed by atoms with van der Waals surface area (Å²) in [4.78, 5) is 43.5. The van der Waals surface area contributed by atoms with Crippen molar-refractivity contribution in [2.45, 2.75) is 57.3 Å². The lowest BCUT2D eigenvalue weighted by atomic mass is 9.91. The minimum Gasteiger partial charge on any atom is -0.487 e. The molecule has 5 rings (SSSR count). The molecule has 2 aliphatic rings. The van der Waals surface area contributed by atoms with Crippen LogP contribution in [0.4, 0.5) is 0 Å². The Morgan fingerprint density at radius 2 is 1.51 bits per heavy atom. The number of likely N-dealkylation sites (N-methyl/N-ethyl adjacent to an activating group) is 1. The van der Waals surface area contributed by atoms with Crippen molar-refractivity contribution in [3.63, 3.8) is 0 Å². The number of hydrogen-bond acceptors (Lipinski definition) is 5. The highest BCUT2D eigenvalue weighted by Gasteiger charge is 2.39. The number of rotatable bonds is 8. The van der Waals surface area contributed by atoms with Crippen molar-refractivity contribution < 1.29 is 19.1 Å². The molecule has 0 unspecified atom stereocenters. The van der Waals surface area contributed by atoms with E-state index in [1.54, 1.807) is 12.3 Å². The molecule has 0 aliphatic carbocycles. The topological polar surface area (TPSA) is 99.8 Å². The highest BCUT2D eigenvalue weighted by Crippen LogP contribution is 2.23. The van der Waals surface area contributed by atoms with Crippen molar-refractivity contribution >= 4 is 23.8 Å². The first kappa shape index (κ1) is 31.5. The minimum atomic E-state index is -1.08. The molecule has 43 heavy (non-hydrogen) atoms. The number of benzene rings is 3. The Labute approximate surface area is 254 Å². The largest absolute Gasteiger partial charge is 0.487 e. The number of carbonyl (C=O) groups is 3. The van der Waals surface area contributed by atoms with Gasteiger partial charge in [-0.25, -0.2) is 0 Å². The molecule has 5 atom stereocenters. The van der Waals surface area contributed by atoms with Crippen LogP contribution in [0.1, 0.15) is 43.4 Å². The monoisotopic (exact) mass is 582 g/mol. The number of carbonyl (C=O) groups excluding carboxylic acids is 3. The van der Waals surface area contributed by atoms with E-state index in [1.807, 2.05) is 125 Å². The van der Waals surface area contributed by atoms with Gasteiger partial charge in [0.2, 0.25) is 17.7 Å². The van der Waals surface area contributed by atoms with Crippen molar-refractivity contribution in [1.29, 1.82) is 0 Å². The highest BCUT2D eigenvalue weighted by atomic mass is 16.5. The van der Waals surface area contributed by atoms with E-state index in [9.17, 15) is 14.4 Å². The van der Waals surface area contributed by atoms with Crippen LogP contribution in [0.3, 0.4) is 0 Å². The summed E-state index contributed by atoms with van der Waals surface area (Å²) in [6.45, 7) is 5.79. The molecule has 8 nitrogen and oxygen atoms in total. The van der Waals surface area contributed by atoms with E-state index in [2.05, 4.69) is 16.0 Å². The maximum Gasteiger partial charge on any atom is 0.247 e. The third-order valence-electron chi connectivity index (χ3n) is 7.82. The fourth-order valence-electron chi connectivity index (χ4n) is 5.22. The Morgan fingerprint density at radius 1 is 0.884 bits per heavy atom. The van der Waals surface area contributed by atoms with Gasteiger partial charge in [0.05, 0.1) is 6.04 Å². The van der Waals surface area contributed by atoms with Crippen LogP contribution in [-0.2, 0) is 20.8 Å². The van der Waals surface area contributed by atoms with Crippen LogP contribution in [0, 0.1) is 5.92 Å². The number of fused-ring (bicyclic) bond motifs is 10. The predicted octanol–water partition coefficient (Wildman–Crippen LogP) is 4.14. The standard InChI is InChI=1S/C35H42N4O4/c1-23(2)32-31(38-33(40)29(39(4)5)22-26-12-8-6-9-13-26)35(42)37-30(24(3)27-14-10-7-11-15-27)34(41)36-21-20-25-16-18-28(43-32)19-17-25/h6-21,23-24,29-32H,22H2,1-5H3,(H,36,41)(H,37,42)(H,38,40)/b21-20-/t24-,29+,30-,31-,32+/m1/s1. The summed E-state index contributed by atoms with van der Waals surface area (Å²) in [5, 5.41) is 8.83. The Hall–Kier alpha value is -4.43. The molecule has 2 aliphatic heterocycles. The average molecular weight is 583 g/mol. The molecule has 0 fully saturated rings. The summed E-state index contributed by atoms with van der Waals surface area (Å²) in [5.74, 6) is -1.10. The second-order valence-corrected chi connectivity index (χ2v) is 11.6. The van der Waals surface area contributed by atoms with Crippen molar-refractivity contribution in [1.82, 2.24) is 20.9 Å². The number of ether oxygens (including phenoxy) is 1. The van der Waals surface area contributed by atoms with Gasteiger partial charge in [0.15, 0.2) is 0 Å². The zero-order valence-electron chi connectivity index (χ0n) is 25.5. The minimum absolute atomic E-state index is 0.158. The molecule has 0 saturated carbocycles. The van der Waals surface area contributed by atoms with Gasteiger partial charge >= 0.3 is 0 Å². The number of nitrogens with one attached hydrogen (secondary N) is 3. The molecule has 0 aromatic heterocycles. The van der Waals surface area contributed by atoms with E-state index < -0.39 is 30.1 Å². The van der Waals surface area contributed by atoms with Crippen LogP contribution in [-0.4, -0.2) is 60.9 Å². The Balaban J connectivity index is 1.72. The quantitative estimate of drug-likeness (QED) is 0.371. The van der Waals surface area contributed by atoms with Crippen LogP contribution < -0.4 is 20.7 Å². The zero-order chi connectivity index (χ0) is 30.9. The molecule has 8 heteroatoms. The molecule has 2 heterocycles.